The zero-order valence-corrected chi connectivity index (χ0v) is 18.1. The maximum atomic E-state index is 12.8. The topological polar surface area (TPSA) is 69.3 Å². The van der Waals surface area contributed by atoms with Crippen LogP contribution >= 0.6 is 24.0 Å². The quantitative estimate of drug-likeness (QED) is 0.555. The highest BCUT2D eigenvalue weighted by molar-refractivity contribution is 8.26. The SMILES string of the molecule is CCCN1C(=O)C(=Cc2c(C)c(C#N)c(=O)n(C)c2N2CCCCC2)SC1=S. The Morgan fingerprint density at radius 3 is 2.54 bits per heavy atom. The third-order valence-corrected chi connectivity index (χ3v) is 6.60. The molecule has 28 heavy (non-hydrogen) atoms. The molecule has 0 spiro atoms. The van der Waals surface area contributed by atoms with Crippen molar-refractivity contribution in [1.82, 2.24) is 9.47 Å². The molecule has 3 heterocycles. The van der Waals surface area contributed by atoms with E-state index in [4.69, 9.17) is 12.2 Å². The molecule has 2 fully saturated rings. The highest BCUT2D eigenvalue weighted by Gasteiger charge is 2.32. The molecule has 0 atom stereocenters. The highest BCUT2D eigenvalue weighted by atomic mass is 32.2. The summed E-state index contributed by atoms with van der Waals surface area (Å²) in [5.74, 6) is 0.676. The number of pyridine rings is 1. The van der Waals surface area contributed by atoms with Crippen molar-refractivity contribution < 1.29 is 4.79 Å². The van der Waals surface area contributed by atoms with Crippen LogP contribution < -0.4 is 10.5 Å². The number of amides is 1. The number of piperidine rings is 1. The van der Waals surface area contributed by atoms with Gasteiger partial charge in [-0.2, -0.15) is 5.26 Å². The van der Waals surface area contributed by atoms with Gasteiger partial charge in [-0.05, 0) is 44.2 Å². The molecule has 0 radical (unpaired) electrons. The van der Waals surface area contributed by atoms with Gasteiger partial charge in [0.05, 0.1) is 4.91 Å². The van der Waals surface area contributed by atoms with E-state index in [9.17, 15) is 14.9 Å². The van der Waals surface area contributed by atoms with E-state index in [1.807, 2.05) is 19.1 Å². The summed E-state index contributed by atoms with van der Waals surface area (Å²) in [6.45, 7) is 6.10. The lowest BCUT2D eigenvalue weighted by molar-refractivity contribution is -0.122. The lowest BCUT2D eigenvalue weighted by atomic mass is 10.0. The van der Waals surface area contributed by atoms with E-state index >= 15 is 0 Å². The number of aromatic nitrogens is 1. The molecule has 3 rings (SSSR count). The van der Waals surface area contributed by atoms with E-state index in [2.05, 4.69) is 4.90 Å². The first-order valence-electron chi connectivity index (χ1n) is 9.54. The number of hydrogen-bond acceptors (Lipinski definition) is 6. The van der Waals surface area contributed by atoms with Gasteiger partial charge in [-0.3, -0.25) is 19.1 Å². The van der Waals surface area contributed by atoms with Crippen LogP contribution in [0, 0.1) is 18.3 Å². The number of hydrogen-bond donors (Lipinski definition) is 0. The zero-order chi connectivity index (χ0) is 20.4. The first-order chi connectivity index (χ1) is 13.4. The maximum absolute atomic E-state index is 12.8. The van der Waals surface area contributed by atoms with Gasteiger partial charge in [0.2, 0.25) is 0 Å². The van der Waals surface area contributed by atoms with Crippen LogP contribution in [0.15, 0.2) is 9.70 Å². The molecule has 2 saturated heterocycles. The summed E-state index contributed by atoms with van der Waals surface area (Å²) in [4.78, 5) is 29.9. The van der Waals surface area contributed by atoms with Crippen molar-refractivity contribution in [3.8, 4) is 6.07 Å². The Morgan fingerprint density at radius 1 is 1.25 bits per heavy atom. The lowest BCUT2D eigenvalue weighted by Crippen LogP contribution is -2.36. The second kappa shape index (κ2) is 8.50. The smallest absolute Gasteiger partial charge is 0.270 e. The Labute approximate surface area is 174 Å². The van der Waals surface area contributed by atoms with Gasteiger partial charge in [-0.1, -0.05) is 30.9 Å². The van der Waals surface area contributed by atoms with Crippen molar-refractivity contribution in [2.45, 2.75) is 39.5 Å². The molecular weight excluding hydrogens is 392 g/mol. The standard InChI is InChI=1S/C20H24N4O2S2/c1-4-8-24-19(26)16(28-20(24)27)11-14-13(2)15(12-21)18(25)22(3)17(14)23-9-6-5-7-10-23/h11H,4-10H2,1-3H3. The minimum atomic E-state index is -0.295. The van der Waals surface area contributed by atoms with Crippen molar-refractivity contribution in [3.63, 3.8) is 0 Å². The van der Waals surface area contributed by atoms with Crippen molar-refractivity contribution in [2.75, 3.05) is 24.5 Å². The Balaban J connectivity index is 2.18. The van der Waals surface area contributed by atoms with Gasteiger partial charge in [0, 0.05) is 32.2 Å². The molecule has 0 aromatic carbocycles. The third kappa shape index (κ3) is 3.61. The van der Waals surface area contributed by atoms with E-state index in [0.29, 0.717) is 21.3 Å². The van der Waals surface area contributed by atoms with Gasteiger partial charge in [-0.15, -0.1) is 0 Å². The molecule has 148 valence electrons. The molecule has 1 amide bonds. The van der Waals surface area contributed by atoms with Crippen molar-refractivity contribution in [3.05, 3.63) is 31.9 Å². The minimum Gasteiger partial charge on any atom is -0.357 e. The van der Waals surface area contributed by atoms with Gasteiger partial charge in [0.25, 0.3) is 11.5 Å². The summed E-state index contributed by atoms with van der Waals surface area (Å²) in [6, 6.07) is 2.04. The number of nitrogens with zero attached hydrogens (tertiary/aromatic N) is 4. The maximum Gasteiger partial charge on any atom is 0.270 e. The first kappa shape index (κ1) is 20.6. The number of rotatable bonds is 4. The summed E-state index contributed by atoms with van der Waals surface area (Å²) in [5.41, 5.74) is 1.21. The average Bonchev–Trinajstić information content (AvgIpc) is 2.95. The second-order valence-corrected chi connectivity index (χ2v) is 8.77. The molecule has 0 N–H and O–H groups in total. The molecule has 0 saturated carbocycles. The molecule has 0 aliphatic carbocycles. The number of carbonyl (C=O) groups is 1. The lowest BCUT2D eigenvalue weighted by Gasteiger charge is -2.32. The van der Waals surface area contributed by atoms with Gasteiger partial charge >= 0.3 is 0 Å². The van der Waals surface area contributed by atoms with Gasteiger partial charge in [-0.25, -0.2) is 0 Å². The summed E-state index contributed by atoms with van der Waals surface area (Å²) in [5, 5.41) is 9.52. The molecular formula is C20H24N4O2S2. The fourth-order valence-corrected chi connectivity index (χ4v) is 5.04. The van der Waals surface area contributed by atoms with E-state index in [1.165, 1.54) is 18.2 Å². The monoisotopic (exact) mass is 416 g/mol. The molecule has 2 aliphatic heterocycles. The number of carbonyl (C=O) groups excluding carboxylic acids is 1. The van der Waals surface area contributed by atoms with Crippen LogP contribution in [-0.2, 0) is 11.8 Å². The van der Waals surface area contributed by atoms with Gasteiger partial charge in [0.15, 0.2) is 0 Å². The number of nitriles is 1. The highest BCUT2D eigenvalue weighted by Crippen LogP contribution is 2.36. The molecule has 8 heteroatoms. The molecule has 1 aromatic rings. The molecule has 0 bridgehead atoms. The zero-order valence-electron chi connectivity index (χ0n) is 16.4. The van der Waals surface area contributed by atoms with E-state index in [0.717, 1.165) is 43.7 Å². The van der Waals surface area contributed by atoms with Crippen LogP contribution in [0.5, 0.6) is 0 Å². The largest absolute Gasteiger partial charge is 0.357 e. The Bertz CT molecular complexity index is 952. The third-order valence-electron chi connectivity index (χ3n) is 5.22. The van der Waals surface area contributed by atoms with E-state index in [1.54, 1.807) is 23.4 Å². The number of anilines is 1. The van der Waals surface area contributed by atoms with Crippen molar-refractivity contribution >= 4 is 46.1 Å². The van der Waals surface area contributed by atoms with Gasteiger partial charge in [0.1, 0.15) is 21.8 Å². The second-order valence-electron chi connectivity index (χ2n) is 7.09. The van der Waals surface area contributed by atoms with Crippen LogP contribution in [0.25, 0.3) is 6.08 Å². The fraction of sp³-hybridized carbons (Fsp3) is 0.500. The predicted octanol–water partition coefficient (Wildman–Crippen LogP) is 3.17. The molecule has 6 nitrogen and oxygen atoms in total. The predicted molar refractivity (Wildman–Crippen MR) is 117 cm³/mol. The Morgan fingerprint density at radius 2 is 1.93 bits per heavy atom. The van der Waals surface area contributed by atoms with Crippen LogP contribution in [0.3, 0.4) is 0 Å². The van der Waals surface area contributed by atoms with E-state index in [-0.39, 0.29) is 17.0 Å². The van der Waals surface area contributed by atoms with Crippen molar-refractivity contribution in [1.29, 1.82) is 5.26 Å². The number of thioether (sulfide) groups is 1. The van der Waals surface area contributed by atoms with Crippen LogP contribution in [0.1, 0.15) is 49.3 Å². The fourth-order valence-electron chi connectivity index (χ4n) is 3.75. The first-order valence-corrected chi connectivity index (χ1v) is 10.8. The Kier molecular flexibility index (Phi) is 6.26. The molecule has 1 aromatic heterocycles. The molecule has 2 aliphatic rings. The Hall–Kier alpha value is -2.11. The van der Waals surface area contributed by atoms with Gasteiger partial charge < -0.3 is 4.90 Å². The molecule has 0 unspecified atom stereocenters. The van der Waals surface area contributed by atoms with E-state index < -0.39 is 0 Å². The van der Waals surface area contributed by atoms with Crippen LogP contribution in [0.4, 0.5) is 5.82 Å². The minimum absolute atomic E-state index is 0.104. The van der Waals surface area contributed by atoms with Crippen molar-refractivity contribution in [2.24, 2.45) is 7.05 Å². The summed E-state index contributed by atoms with van der Waals surface area (Å²) in [6.07, 6.45) is 5.94. The van der Waals surface area contributed by atoms with Crippen LogP contribution in [-0.4, -0.2) is 39.3 Å². The summed E-state index contributed by atoms with van der Waals surface area (Å²) >= 11 is 6.66. The normalized spacial score (nSPS) is 18.9. The average molecular weight is 417 g/mol. The van der Waals surface area contributed by atoms with Crippen LogP contribution in [0.2, 0.25) is 0 Å². The summed E-state index contributed by atoms with van der Waals surface area (Å²) < 4.78 is 2.11. The summed E-state index contributed by atoms with van der Waals surface area (Å²) in [7, 11) is 1.70. The number of thiocarbonyl (C=S) groups is 1.